The van der Waals surface area contributed by atoms with Gasteiger partial charge in [-0.15, -0.1) is 0 Å². The van der Waals surface area contributed by atoms with Gasteiger partial charge in [-0.2, -0.15) is 0 Å². The fourth-order valence-corrected chi connectivity index (χ4v) is 3.17. The Morgan fingerprint density at radius 1 is 1.17 bits per heavy atom. The van der Waals surface area contributed by atoms with Crippen LogP contribution in [-0.2, 0) is 4.79 Å². The van der Waals surface area contributed by atoms with E-state index in [-0.39, 0.29) is 18.6 Å². The quantitative estimate of drug-likeness (QED) is 0.861. The third-order valence-corrected chi connectivity index (χ3v) is 4.24. The monoisotopic (exact) mass is 307 g/mol. The van der Waals surface area contributed by atoms with Crippen LogP contribution in [0.5, 0.6) is 11.5 Å². The number of fused-ring (bicyclic) bond motifs is 2. The summed E-state index contributed by atoms with van der Waals surface area (Å²) in [6.45, 7) is 1.90. The lowest BCUT2D eigenvalue weighted by molar-refractivity contribution is -0.117. The van der Waals surface area contributed by atoms with Crippen LogP contribution >= 0.6 is 0 Å². The zero-order chi connectivity index (χ0) is 15.8. The fraction of sp³-hybridized carbons (Fsp3) is 0.211. The van der Waals surface area contributed by atoms with Gasteiger partial charge in [-0.05, 0) is 36.3 Å². The predicted molar refractivity (Wildman–Crippen MR) is 88.6 cm³/mol. The summed E-state index contributed by atoms with van der Waals surface area (Å²) in [5, 5.41) is 0. The minimum Gasteiger partial charge on any atom is -0.454 e. The molecule has 0 spiro atoms. The maximum atomic E-state index is 11.8. The molecule has 2 aliphatic rings. The number of carbonyl (C=O) groups is 1. The van der Waals surface area contributed by atoms with Crippen LogP contribution in [0, 0.1) is 0 Å². The third kappa shape index (κ3) is 2.46. The van der Waals surface area contributed by atoms with Crippen LogP contribution in [0.3, 0.4) is 0 Å². The second kappa shape index (κ2) is 5.47. The fourth-order valence-electron chi connectivity index (χ4n) is 3.17. The average Bonchev–Trinajstić information content (AvgIpc) is 3.02. The molecular weight excluding hydrogens is 290 g/mol. The highest BCUT2D eigenvalue weighted by molar-refractivity contribution is 5.79. The molecule has 0 radical (unpaired) electrons. The zero-order valence-corrected chi connectivity index (χ0v) is 12.9. The number of hydrogen-bond donors (Lipinski definition) is 0. The first-order valence-corrected chi connectivity index (χ1v) is 7.67. The summed E-state index contributed by atoms with van der Waals surface area (Å²) in [6, 6.07) is 14.1. The van der Waals surface area contributed by atoms with Crippen molar-refractivity contribution >= 4 is 17.5 Å². The molecule has 2 aliphatic heterocycles. The molecule has 2 aromatic carbocycles. The van der Waals surface area contributed by atoms with Crippen molar-refractivity contribution in [2.24, 2.45) is 0 Å². The van der Waals surface area contributed by atoms with Gasteiger partial charge in [0.1, 0.15) is 5.78 Å². The van der Waals surface area contributed by atoms with Gasteiger partial charge in [-0.1, -0.05) is 24.3 Å². The molecule has 0 amide bonds. The van der Waals surface area contributed by atoms with Crippen molar-refractivity contribution in [2.75, 3.05) is 11.7 Å². The summed E-state index contributed by atoms with van der Waals surface area (Å²) < 4.78 is 10.9. The summed E-state index contributed by atoms with van der Waals surface area (Å²) in [4.78, 5) is 13.9. The average molecular weight is 307 g/mol. The van der Waals surface area contributed by atoms with Crippen LogP contribution < -0.4 is 14.4 Å². The molecule has 0 saturated carbocycles. The number of carbonyl (C=O) groups excluding carboxylic acids is 1. The minimum atomic E-state index is -0.00549. The van der Waals surface area contributed by atoms with Crippen LogP contribution in [0.4, 0.5) is 5.69 Å². The number of anilines is 1. The van der Waals surface area contributed by atoms with Crippen molar-refractivity contribution in [1.29, 1.82) is 0 Å². The number of ketones is 1. The van der Waals surface area contributed by atoms with Gasteiger partial charge in [0.25, 0.3) is 0 Å². The van der Waals surface area contributed by atoms with Gasteiger partial charge < -0.3 is 14.4 Å². The number of ether oxygens (including phenoxy) is 2. The molecule has 0 aliphatic carbocycles. The maximum absolute atomic E-state index is 11.8. The van der Waals surface area contributed by atoms with Gasteiger partial charge in [-0.25, -0.2) is 0 Å². The Bertz CT molecular complexity index is 797. The Morgan fingerprint density at radius 3 is 2.87 bits per heavy atom. The van der Waals surface area contributed by atoms with Crippen molar-refractivity contribution in [3.63, 3.8) is 0 Å². The molecule has 2 aromatic rings. The molecule has 1 atom stereocenters. The summed E-state index contributed by atoms with van der Waals surface area (Å²) in [5.74, 6) is 1.68. The third-order valence-electron chi connectivity index (χ3n) is 4.24. The van der Waals surface area contributed by atoms with Gasteiger partial charge in [0.15, 0.2) is 11.5 Å². The van der Waals surface area contributed by atoms with Gasteiger partial charge >= 0.3 is 0 Å². The van der Waals surface area contributed by atoms with Crippen molar-refractivity contribution in [2.45, 2.75) is 19.4 Å². The highest BCUT2D eigenvalue weighted by Gasteiger charge is 2.27. The van der Waals surface area contributed by atoms with E-state index in [0.717, 1.165) is 22.7 Å². The molecule has 0 saturated heterocycles. The molecule has 23 heavy (non-hydrogen) atoms. The van der Waals surface area contributed by atoms with E-state index in [2.05, 4.69) is 23.1 Å². The molecule has 0 fully saturated rings. The summed E-state index contributed by atoms with van der Waals surface area (Å²) >= 11 is 0. The van der Waals surface area contributed by atoms with E-state index in [4.69, 9.17) is 9.47 Å². The van der Waals surface area contributed by atoms with E-state index in [9.17, 15) is 4.79 Å². The van der Waals surface area contributed by atoms with Crippen LogP contribution in [0.1, 0.15) is 30.5 Å². The second-order valence-electron chi connectivity index (χ2n) is 5.81. The number of hydrogen-bond acceptors (Lipinski definition) is 4. The predicted octanol–water partition coefficient (Wildman–Crippen LogP) is 3.93. The summed E-state index contributed by atoms with van der Waals surface area (Å²) in [6.07, 6.45) is 4.58. The van der Waals surface area contributed by atoms with Gasteiger partial charge in [-0.3, -0.25) is 4.79 Å². The maximum Gasteiger partial charge on any atom is 0.231 e. The highest BCUT2D eigenvalue weighted by atomic mass is 16.7. The number of rotatable bonds is 3. The molecule has 0 aromatic heterocycles. The molecule has 1 unspecified atom stereocenters. The Balaban J connectivity index is 1.76. The lowest BCUT2D eigenvalue weighted by atomic mass is 9.92. The molecule has 4 heteroatoms. The van der Waals surface area contributed by atoms with Crippen molar-refractivity contribution < 1.29 is 14.3 Å². The topological polar surface area (TPSA) is 38.8 Å². The van der Waals surface area contributed by atoms with E-state index >= 15 is 0 Å². The van der Waals surface area contributed by atoms with Crippen LogP contribution in [-0.4, -0.2) is 12.6 Å². The van der Waals surface area contributed by atoms with Gasteiger partial charge in [0.2, 0.25) is 6.79 Å². The molecule has 4 nitrogen and oxygen atoms in total. The Kier molecular flexibility index (Phi) is 3.30. The minimum absolute atomic E-state index is 0.00549. The van der Waals surface area contributed by atoms with Crippen LogP contribution in [0.15, 0.2) is 48.7 Å². The Labute approximate surface area is 134 Å². The van der Waals surface area contributed by atoms with Crippen LogP contribution in [0.2, 0.25) is 0 Å². The Hall–Kier alpha value is -2.75. The van der Waals surface area contributed by atoms with E-state index < -0.39 is 0 Å². The van der Waals surface area contributed by atoms with E-state index in [0.29, 0.717) is 6.42 Å². The SMILES string of the molecule is CC(=O)CC1c2ccccc2C=CN1c1ccc2c(c1)OCO2. The van der Waals surface area contributed by atoms with E-state index in [1.165, 1.54) is 5.56 Å². The van der Waals surface area contributed by atoms with E-state index in [1.54, 1.807) is 6.92 Å². The van der Waals surface area contributed by atoms with Gasteiger partial charge in [0, 0.05) is 24.4 Å². The first-order valence-electron chi connectivity index (χ1n) is 7.67. The highest BCUT2D eigenvalue weighted by Crippen LogP contribution is 2.41. The van der Waals surface area contributed by atoms with Gasteiger partial charge in [0.05, 0.1) is 6.04 Å². The second-order valence-corrected chi connectivity index (χ2v) is 5.81. The molecule has 4 rings (SSSR count). The van der Waals surface area contributed by atoms with Crippen LogP contribution in [0.25, 0.3) is 6.08 Å². The van der Waals surface area contributed by atoms with E-state index in [1.807, 2.05) is 36.5 Å². The normalized spacial score (nSPS) is 18.0. The largest absolute Gasteiger partial charge is 0.454 e. The first-order chi connectivity index (χ1) is 11.2. The smallest absolute Gasteiger partial charge is 0.231 e. The standard InChI is InChI=1S/C19H17NO3/c1-13(21)10-17-16-5-3-2-4-14(16)8-9-20(17)15-6-7-18-19(11-15)23-12-22-18/h2-9,11,17H,10,12H2,1H3. The number of nitrogens with zero attached hydrogens (tertiary/aromatic N) is 1. The number of benzene rings is 2. The zero-order valence-electron chi connectivity index (χ0n) is 12.9. The summed E-state index contributed by atoms with van der Waals surface area (Å²) in [7, 11) is 0. The first kappa shape index (κ1) is 13.9. The lowest BCUT2D eigenvalue weighted by Gasteiger charge is -2.34. The molecule has 2 heterocycles. The summed E-state index contributed by atoms with van der Waals surface area (Å²) in [5.41, 5.74) is 3.32. The van der Waals surface area contributed by atoms with Crippen molar-refractivity contribution in [1.82, 2.24) is 0 Å². The Morgan fingerprint density at radius 2 is 2.00 bits per heavy atom. The molecular formula is C19H17NO3. The lowest BCUT2D eigenvalue weighted by Crippen LogP contribution is -2.27. The molecule has 116 valence electrons. The molecule has 0 bridgehead atoms. The number of Topliss-reactive ketones (excluding diaryl/α,β-unsaturated/α-hetero) is 1. The van der Waals surface area contributed by atoms with Crippen molar-refractivity contribution in [3.8, 4) is 11.5 Å². The van der Waals surface area contributed by atoms with Crippen molar-refractivity contribution in [3.05, 3.63) is 59.8 Å². The molecule has 0 N–H and O–H groups in total.